The van der Waals surface area contributed by atoms with Gasteiger partial charge in [-0.1, -0.05) is 17.7 Å². The van der Waals surface area contributed by atoms with Gasteiger partial charge in [-0.3, -0.25) is 9.59 Å². The molecule has 3 N–H and O–H groups in total. The first-order valence-corrected chi connectivity index (χ1v) is 6.82. The average Bonchev–Trinajstić information content (AvgIpc) is 2.52. The molecule has 7 heteroatoms. The van der Waals surface area contributed by atoms with Crippen molar-refractivity contribution in [2.24, 2.45) is 5.73 Å². The highest BCUT2D eigenvalue weighted by Crippen LogP contribution is 2.11. The van der Waals surface area contributed by atoms with Crippen LogP contribution in [0.1, 0.15) is 15.9 Å². The molecular formula is C15H14ClN3O3. The molecule has 0 spiro atoms. The van der Waals surface area contributed by atoms with E-state index in [0.29, 0.717) is 23.0 Å². The minimum atomic E-state index is -0.513. The van der Waals surface area contributed by atoms with E-state index in [1.54, 1.807) is 30.5 Å². The molecule has 1 aromatic heterocycles. The second kappa shape index (κ2) is 7.42. The quantitative estimate of drug-likeness (QED) is 0.789. The molecule has 1 heterocycles. The van der Waals surface area contributed by atoms with Crippen LogP contribution in [0.5, 0.6) is 5.75 Å². The second-order valence-corrected chi connectivity index (χ2v) is 4.83. The van der Waals surface area contributed by atoms with Gasteiger partial charge in [-0.2, -0.15) is 0 Å². The number of hydrogen-bond donors (Lipinski definition) is 2. The molecule has 2 amide bonds. The molecule has 2 aromatic rings. The Bertz CT molecular complexity index is 657. The first-order valence-electron chi connectivity index (χ1n) is 6.44. The first-order chi connectivity index (χ1) is 10.5. The van der Waals surface area contributed by atoms with E-state index < -0.39 is 5.91 Å². The molecule has 2 rings (SSSR count). The number of pyridine rings is 1. The predicted molar refractivity (Wildman–Crippen MR) is 81.5 cm³/mol. The number of hydrogen-bond acceptors (Lipinski definition) is 4. The van der Waals surface area contributed by atoms with E-state index in [1.165, 1.54) is 12.1 Å². The molecule has 0 aliphatic rings. The molecule has 0 aliphatic heterocycles. The van der Waals surface area contributed by atoms with Crippen LogP contribution in [-0.2, 0) is 11.3 Å². The Balaban J connectivity index is 1.77. The van der Waals surface area contributed by atoms with Crippen LogP contribution in [-0.4, -0.2) is 23.4 Å². The Labute approximate surface area is 132 Å². The summed E-state index contributed by atoms with van der Waals surface area (Å²) in [6.07, 6.45) is 1.59. The minimum Gasteiger partial charge on any atom is -0.484 e. The molecule has 1 aromatic carbocycles. The summed E-state index contributed by atoms with van der Waals surface area (Å²) in [7, 11) is 0. The molecular weight excluding hydrogens is 306 g/mol. The lowest BCUT2D eigenvalue weighted by atomic mass is 10.2. The summed E-state index contributed by atoms with van der Waals surface area (Å²) >= 11 is 5.68. The van der Waals surface area contributed by atoms with Crippen LogP contribution in [0.3, 0.4) is 0 Å². The SMILES string of the molecule is NC(=O)c1ccc(OCC(=O)NCc2ccc(Cl)nc2)cc1. The molecule has 0 radical (unpaired) electrons. The smallest absolute Gasteiger partial charge is 0.258 e. The van der Waals surface area contributed by atoms with E-state index in [2.05, 4.69) is 10.3 Å². The van der Waals surface area contributed by atoms with Crippen molar-refractivity contribution in [1.29, 1.82) is 0 Å². The molecule has 0 saturated heterocycles. The molecule has 6 nitrogen and oxygen atoms in total. The maximum Gasteiger partial charge on any atom is 0.258 e. The number of nitrogens with two attached hydrogens (primary N) is 1. The minimum absolute atomic E-state index is 0.128. The fourth-order valence-corrected chi connectivity index (χ4v) is 1.74. The zero-order valence-corrected chi connectivity index (χ0v) is 12.3. The third kappa shape index (κ3) is 4.75. The van der Waals surface area contributed by atoms with Gasteiger partial charge in [-0.25, -0.2) is 4.98 Å². The maximum atomic E-state index is 11.7. The largest absolute Gasteiger partial charge is 0.484 e. The van der Waals surface area contributed by atoms with Crippen molar-refractivity contribution in [2.45, 2.75) is 6.54 Å². The van der Waals surface area contributed by atoms with Crippen LogP contribution in [0.15, 0.2) is 42.6 Å². The molecule has 0 unspecified atom stereocenters. The number of nitrogens with one attached hydrogen (secondary N) is 1. The lowest BCUT2D eigenvalue weighted by Gasteiger charge is -2.08. The lowest BCUT2D eigenvalue weighted by Crippen LogP contribution is -2.28. The van der Waals surface area contributed by atoms with E-state index in [4.69, 9.17) is 22.1 Å². The number of primary amides is 1. The lowest BCUT2D eigenvalue weighted by molar-refractivity contribution is -0.123. The Hall–Kier alpha value is -2.60. The number of halogens is 1. The monoisotopic (exact) mass is 319 g/mol. The summed E-state index contributed by atoms with van der Waals surface area (Å²) in [5.41, 5.74) is 6.35. The van der Waals surface area contributed by atoms with Crippen LogP contribution in [0, 0.1) is 0 Å². The summed E-state index contributed by atoms with van der Waals surface area (Å²) in [5, 5.41) is 3.10. The first kappa shape index (κ1) is 15.8. The third-order valence-corrected chi connectivity index (χ3v) is 3.01. The summed E-state index contributed by atoms with van der Waals surface area (Å²) in [4.78, 5) is 26.5. The van der Waals surface area contributed by atoms with Crippen LogP contribution in [0.4, 0.5) is 0 Å². The van der Waals surface area contributed by atoms with Gasteiger partial charge >= 0.3 is 0 Å². The fraction of sp³-hybridized carbons (Fsp3) is 0.133. The van der Waals surface area contributed by atoms with Crippen molar-refractivity contribution < 1.29 is 14.3 Å². The summed E-state index contributed by atoms with van der Waals surface area (Å²) in [5.74, 6) is -0.303. The van der Waals surface area contributed by atoms with E-state index in [9.17, 15) is 9.59 Å². The maximum absolute atomic E-state index is 11.7. The van der Waals surface area contributed by atoms with Gasteiger partial charge in [0.25, 0.3) is 5.91 Å². The summed E-state index contributed by atoms with van der Waals surface area (Å²) in [6.45, 7) is 0.212. The van der Waals surface area contributed by atoms with Gasteiger partial charge < -0.3 is 15.8 Å². The normalized spacial score (nSPS) is 10.0. The summed E-state index contributed by atoms with van der Waals surface area (Å²) < 4.78 is 5.31. The van der Waals surface area contributed by atoms with E-state index >= 15 is 0 Å². The van der Waals surface area contributed by atoms with E-state index in [0.717, 1.165) is 5.56 Å². The van der Waals surface area contributed by atoms with Crippen molar-refractivity contribution in [3.63, 3.8) is 0 Å². The molecule has 22 heavy (non-hydrogen) atoms. The fourth-order valence-electron chi connectivity index (χ4n) is 1.63. The zero-order valence-electron chi connectivity index (χ0n) is 11.6. The standard InChI is InChI=1S/C15H14ClN3O3/c16-13-6-1-10(7-18-13)8-19-14(20)9-22-12-4-2-11(3-5-12)15(17)21/h1-7H,8-9H2,(H2,17,21)(H,19,20). The van der Waals surface area contributed by atoms with Crippen molar-refractivity contribution in [3.05, 3.63) is 58.9 Å². The van der Waals surface area contributed by atoms with Gasteiger partial charge in [0.05, 0.1) is 0 Å². The predicted octanol–water partition coefficient (Wildman–Crippen LogP) is 1.53. The highest BCUT2D eigenvalue weighted by Gasteiger charge is 2.04. The number of rotatable bonds is 6. The van der Waals surface area contributed by atoms with Gasteiger partial charge in [0.2, 0.25) is 5.91 Å². The number of carbonyl (C=O) groups is 2. The molecule has 0 bridgehead atoms. The molecule has 0 saturated carbocycles. The van der Waals surface area contributed by atoms with Crippen molar-refractivity contribution in [2.75, 3.05) is 6.61 Å². The summed E-state index contributed by atoms with van der Waals surface area (Å²) in [6, 6.07) is 9.66. The number of benzene rings is 1. The Kier molecular flexibility index (Phi) is 5.32. The van der Waals surface area contributed by atoms with Crippen LogP contribution in [0.25, 0.3) is 0 Å². The molecule has 114 valence electrons. The van der Waals surface area contributed by atoms with Crippen LogP contribution in [0.2, 0.25) is 5.15 Å². The molecule has 0 atom stereocenters. The zero-order chi connectivity index (χ0) is 15.9. The Morgan fingerprint density at radius 3 is 2.50 bits per heavy atom. The van der Waals surface area contributed by atoms with Crippen molar-refractivity contribution in [3.8, 4) is 5.75 Å². The number of amides is 2. The molecule has 0 aliphatic carbocycles. The number of nitrogens with zero attached hydrogens (tertiary/aromatic N) is 1. The van der Waals surface area contributed by atoms with Crippen LogP contribution >= 0.6 is 11.6 Å². The van der Waals surface area contributed by atoms with Gasteiger partial charge in [0, 0.05) is 18.3 Å². The van der Waals surface area contributed by atoms with Gasteiger partial charge in [0.1, 0.15) is 10.9 Å². The average molecular weight is 320 g/mol. The van der Waals surface area contributed by atoms with Gasteiger partial charge in [-0.15, -0.1) is 0 Å². The number of ether oxygens (including phenoxy) is 1. The number of carbonyl (C=O) groups excluding carboxylic acids is 2. The third-order valence-electron chi connectivity index (χ3n) is 2.79. The van der Waals surface area contributed by atoms with Crippen LogP contribution < -0.4 is 15.8 Å². The van der Waals surface area contributed by atoms with Gasteiger partial charge in [-0.05, 0) is 35.9 Å². The van der Waals surface area contributed by atoms with Gasteiger partial charge in [0.15, 0.2) is 6.61 Å². The van der Waals surface area contributed by atoms with Crippen molar-refractivity contribution >= 4 is 23.4 Å². The number of aromatic nitrogens is 1. The Morgan fingerprint density at radius 1 is 1.18 bits per heavy atom. The Morgan fingerprint density at radius 2 is 1.91 bits per heavy atom. The van der Waals surface area contributed by atoms with E-state index in [-0.39, 0.29) is 12.5 Å². The van der Waals surface area contributed by atoms with Crippen molar-refractivity contribution in [1.82, 2.24) is 10.3 Å². The second-order valence-electron chi connectivity index (χ2n) is 4.44. The highest BCUT2D eigenvalue weighted by atomic mass is 35.5. The highest BCUT2D eigenvalue weighted by molar-refractivity contribution is 6.29. The molecule has 0 fully saturated rings. The topological polar surface area (TPSA) is 94.3 Å². The van der Waals surface area contributed by atoms with E-state index in [1.807, 2.05) is 0 Å².